The van der Waals surface area contributed by atoms with Gasteiger partial charge in [0, 0.05) is 4.47 Å². The Balaban J connectivity index is 2.16. The van der Waals surface area contributed by atoms with Crippen LogP contribution < -0.4 is 0 Å². The lowest BCUT2D eigenvalue weighted by Crippen LogP contribution is -1.95. The second-order valence-electron chi connectivity index (χ2n) is 5.84. The van der Waals surface area contributed by atoms with Crippen LogP contribution in [0.2, 0.25) is 0 Å². The van der Waals surface area contributed by atoms with Gasteiger partial charge in [0.2, 0.25) is 0 Å². The van der Waals surface area contributed by atoms with Crippen LogP contribution in [0.5, 0.6) is 0 Å². The highest BCUT2D eigenvalue weighted by Gasteiger charge is 2.18. The summed E-state index contributed by atoms with van der Waals surface area (Å²) in [5, 5.41) is 0. The number of allylic oxidation sites excluding steroid dienone is 2. The average Bonchev–Trinajstić information content (AvgIpc) is 2.86. The fourth-order valence-electron chi connectivity index (χ4n) is 3.24. The van der Waals surface area contributed by atoms with E-state index in [1.54, 1.807) is 0 Å². The van der Waals surface area contributed by atoms with Gasteiger partial charge < -0.3 is 0 Å². The van der Waals surface area contributed by atoms with E-state index in [1.807, 2.05) is 0 Å². The quantitative estimate of drug-likeness (QED) is 0.602. The van der Waals surface area contributed by atoms with E-state index in [1.165, 1.54) is 50.7 Å². The predicted octanol–water partition coefficient (Wildman–Crippen LogP) is 6.42. The smallest absolute Gasteiger partial charge is 0.0184 e. The van der Waals surface area contributed by atoms with Gasteiger partial charge in [0.05, 0.1) is 0 Å². The highest BCUT2D eigenvalue weighted by molar-refractivity contribution is 9.10. The molecule has 108 valence electrons. The van der Waals surface area contributed by atoms with Gasteiger partial charge in [-0.1, -0.05) is 59.6 Å². The largest absolute Gasteiger partial charge is 0.0765 e. The summed E-state index contributed by atoms with van der Waals surface area (Å²) < 4.78 is 1.18. The molecule has 0 saturated heterocycles. The van der Waals surface area contributed by atoms with Gasteiger partial charge in [0.15, 0.2) is 0 Å². The van der Waals surface area contributed by atoms with Gasteiger partial charge >= 0.3 is 0 Å². The zero-order valence-corrected chi connectivity index (χ0v) is 14.3. The van der Waals surface area contributed by atoms with Gasteiger partial charge in [-0.25, -0.2) is 0 Å². The SMILES string of the molecule is CCCCc1ccccc1-c1cc(Br)cc2c1C(C)=CC2. The molecule has 0 fully saturated rings. The van der Waals surface area contributed by atoms with Gasteiger partial charge in [-0.15, -0.1) is 0 Å². The molecule has 0 nitrogen and oxygen atoms in total. The monoisotopic (exact) mass is 340 g/mol. The van der Waals surface area contributed by atoms with Gasteiger partial charge in [-0.3, -0.25) is 0 Å². The van der Waals surface area contributed by atoms with Crippen molar-refractivity contribution in [3.8, 4) is 11.1 Å². The molecule has 0 atom stereocenters. The first-order chi connectivity index (χ1) is 10.2. The summed E-state index contributed by atoms with van der Waals surface area (Å²) in [5.74, 6) is 0. The van der Waals surface area contributed by atoms with Crippen molar-refractivity contribution >= 4 is 21.5 Å². The molecule has 0 radical (unpaired) electrons. The first-order valence-electron chi connectivity index (χ1n) is 7.78. The number of benzene rings is 2. The van der Waals surface area contributed by atoms with Crippen LogP contribution in [0.4, 0.5) is 0 Å². The third kappa shape index (κ3) is 2.85. The molecule has 2 aromatic rings. The van der Waals surface area contributed by atoms with Crippen LogP contribution >= 0.6 is 15.9 Å². The Morgan fingerprint density at radius 1 is 1.10 bits per heavy atom. The molecule has 1 aliphatic rings. The molecule has 0 aromatic heterocycles. The minimum absolute atomic E-state index is 1.06. The maximum absolute atomic E-state index is 3.69. The van der Waals surface area contributed by atoms with E-state index in [9.17, 15) is 0 Å². The van der Waals surface area contributed by atoms with Crippen LogP contribution in [0.25, 0.3) is 16.7 Å². The molecule has 0 bridgehead atoms. The summed E-state index contributed by atoms with van der Waals surface area (Å²) >= 11 is 3.69. The van der Waals surface area contributed by atoms with Crippen molar-refractivity contribution in [2.75, 3.05) is 0 Å². The number of rotatable bonds is 4. The van der Waals surface area contributed by atoms with E-state index < -0.39 is 0 Å². The lowest BCUT2D eigenvalue weighted by atomic mass is 9.90. The molecule has 0 saturated carbocycles. The standard InChI is InChI=1S/C20H21Br/c1-3-4-7-15-8-5-6-9-18(15)19-13-17(21)12-16-11-10-14(2)20(16)19/h5-6,8-10,12-13H,3-4,7,11H2,1-2H3. The molecule has 0 amide bonds. The topological polar surface area (TPSA) is 0 Å². The summed E-state index contributed by atoms with van der Waals surface area (Å²) in [7, 11) is 0. The average molecular weight is 341 g/mol. The van der Waals surface area contributed by atoms with Gasteiger partial charge in [-0.05, 0) is 71.7 Å². The number of aryl methyl sites for hydroxylation is 1. The van der Waals surface area contributed by atoms with E-state index in [0.717, 1.165) is 12.8 Å². The molecule has 0 unspecified atom stereocenters. The fourth-order valence-corrected chi connectivity index (χ4v) is 3.74. The van der Waals surface area contributed by atoms with Crippen molar-refractivity contribution in [2.24, 2.45) is 0 Å². The number of halogens is 1. The Morgan fingerprint density at radius 2 is 1.90 bits per heavy atom. The lowest BCUT2D eigenvalue weighted by Gasteiger charge is -2.15. The maximum atomic E-state index is 3.69. The molecule has 21 heavy (non-hydrogen) atoms. The lowest BCUT2D eigenvalue weighted by molar-refractivity contribution is 0.796. The van der Waals surface area contributed by atoms with Gasteiger partial charge in [-0.2, -0.15) is 0 Å². The molecule has 1 aliphatic carbocycles. The zero-order chi connectivity index (χ0) is 14.8. The van der Waals surface area contributed by atoms with Crippen LogP contribution in [0.15, 0.2) is 46.9 Å². The highest BCUT2D eigenvalue weighted by Crippen LogP contribution is 2.39. The fraction of sp³-hybridized carbons (Fsp3) is 0.300. The normalized spacial score (nSPS) is 13.2. The van der Waals surface area contributed by atoms with Crippen LogP contribution in [0.1, 0.15) is 43.4 Å². The second kappa shape index (κ2) is 6.19. The summed E-state index contributed by atoms with van der Waals surface area (Å²) in [6.45, 7) is 4.49. The third-order valence-corrected chi connectivity index (χ3v) is 4.77. The molecule has 3 rings (SSSR count). The third-order valence-electron chi connectivity index (χ3n) is 4.31. The van der Waals surface area contributed by atoms with Crippen molar-refractivity contribution < 1.29 is 0 Å². The maximum Gasteiger partial charge on any atom is 0.0184 e. The Morgan fingerprint density at radius 3 is 2.71 bits per heavy atom. The van der Waals surface area contributed by atoms with Gasteiger partial charge in [0.1, 0.15) is 0 Å². The Hall–Kier alpha value is -1.34. The molecule has 2 aromatic carbocycles. The first kappa shape index (κ1) is 14.6. The summed E-state index contributed by atoms with van der Waals surface area (Å²) in [6, 6.07) is 13.4. The van der Waals surface area contributed by atoms with Crippen LogP contribution in [0, 0.1) is 0 Å². The molecule has 0 spiro atoms. The molecule has 0 aliphatic heterocycles. The van der Waals surface area contributed by atoms with Gasteiger partial charge in [0.25, 0.3) is 0 Å². The van der Waals surface area contributed by atoms with E-state index in [2.05, 4.69) is 72.3 Å². The molecular formula is C20H21Br. The Labute approximate surface area is 136 Å². The summed E-state index contributed by atoms with van der Waals surface area (Å²) in [5.41, 5.74) is 8.57. The highest BCUT2D eigenvalue weighted by atomic mass is 79.9. The number of hydrogen-bond donors (Lipinski definition) is 0. The van der Waals surface area contributed by atoms with Crippen LogP contribution in [-0.4, -0.2) is 0 Å². The summed E-state index contributed by atoms with van der Waals surface area (Å²) in [6.07, 6.45) is 7.06. The van der Waals surface area contributed by atoms with Crippen LogP contribution in [0.3, 0.4) is 0 Å². The molecule has 0 heterocycles. The number of unbranched alkanes of at least 4 members (excludes halogenated alkanes) is 1. The number of hydrogen-bond acceptors (Lipinski definition) is 0. The van der Waals surface area contributed by atoms with Crippen LogP contribution in [-0.2, 0) is 12.8 Å². The van der Waals surface area contributed by atoms with Crippen molar-refractivity contribution in [3.05, 3.63) is 63.6 Å². The molecule has 0 N–H and O–H groups in total. The Bertz CT molecular complexity index is 695. The van der Waals surface area contributed by atoms with E-state index in [-0.39, 0.29) is 0 Å². The van der Waals surface area contributed by atoms with Crippen molar-refractivity contribution in [3.63, 3.8) is 0 Å². The predicted molar refractivity (Wildman–Crippen MR) is 95.5 cm³/mol. The van der Waals surface area contributed by atoms with E-state index in [0.29, 0.717) is 0 Å². The van der Waals surface area contributed by atoms with Crippen molar-refractivity contribution in [1.29, 1.82) is 0 Å². The van der Waals surface area contributed by atoms with E-state index >= 15 is 0 Å². The molecular weight excluding hydrogens is 320 g/mol. The second-order valence-corrected chi connectivity index (χ2v) is 6.76. The minimum atomic E-state index is 1.06. The first-order valence-corrected chi connectivity index (χ1v) is 8.58. The van der Waals surface area contributed by atoms with E-state index in [4.69, 9.17) is 0 Å². The molecule has 1 heteroatoms. The van der Waals surface area contributed by atoms with Crippen molar-refractivity contribution in [2.45, 2.75) is 39.5 Å². The van der Waals surface area contributed by atoms with Crippen molar-refractivity contribution in [1.82, 2.24) is 0 Å². The minimum Gasteiger partial charge on any atom is -0.0765 e. The summed E-state index contributed by atoms with van der Waals surface area (Å²) in [4.78, 5) is 0. The Kier molecular flexibility index (Phi) is 4.30. The zero-order valence-electron chi connectivity index (χ0n) is 12.7. The number of fused-ring (bicyclic) bond motifs is 1.